The first kappa shape index (κ1) is 13.1. The first-order valence-corrected chi connectivity index (χ1v) is 6.22. The molecule has 1 heterocycles. The van der Waals surface area contributed by atoms with Crippen LogP contribution < -0.4 is 5.32 Å². The van der Waals surface area contributed by atoms with Crippen molar-refractivity contribution in [2.24, 2.45) is 0 Å². The molecule has 0 bridgehead atoms. The predicted molar refractivity (Wildman–Crippen MR) is 64.5 cm³/mol. The summed E-state index contributed by atoms with van der Waals surface area (Å²) in [6, 6.07) is -0.127. The van der Waals surface area contributed by atoms with Crippen LogP contribution in [-0.2, 0) is 9.53 Å². The highest BCUT2D eigenvalue weighted by Gasteiger charge is 2.25. The third kappa shape index (κ3) is 3.02. The number of nitrogens with one attached hydrogen (secondary N) is 1. The Bertz CT molecular complexity index is 352. The fraction of sp³-hybridized carbons (Fsp3) is 0.636. The van der Waals surface area contributed by atoms with Crippen LogP contribution in [-0.4, -0.2) is 24.1 Å². The molecule has 4 nitrogen and oxygen atoms in total. The molecule has 1 N–H and O–H groups in total. The summed E-state index contributed by atoms with van der Waals surface area (Å²) in [5.74, 6) is -0.257. The minimum atomic E-state index is -0.396. The van der Waals surface area contributed by atoms with Gasteiger partial charge in [-0.2, -0.15) is 0 Å². The smallest absolute Gasteiger partial charge is 0.328 e. The highest BCUT2D eigenvalue weighted by molar-refractivity contribution is 7.10. The van der Waals surface area contributed by atoms with Crippen LogP contribution in [0.5, 0.6) is 0 Å². The van der Waals surface area contributed by atoms with Gasteiger partial charge in [0.1, 0.15) is 6.04 Å². The molecule has 0 spiro atoms. The predicted octanol–water partition coefficient (Wildman–Crippen LogP) is 2.05. The summed E-state index contributed by atoms with van der Waals surface area (Å²) in [6.07, 6.45) is 0.964. The van der Waals surface area contributed by atoms with Gasteiger partial charge in [-0.1, -0.05) is 6.92 Å². The fourth-order valence-electron chi connectivity index (χ4n) is 1.36. The van der Waals surface area contributed by atoms with E-state index in [0.29, 0.717) is 0 Å². The van der Waals surface area contributed by atoms with Gasteiger partial charge < -0.3 is 4.74 Å². The van der Waals surface area contributed by atoms with Gasteiger partial charge in [0.15, 0.2) is 0 Å². The van der Waals surface area contributed by atoms with Gasteiger partial charge >= 0.3 is 5.97 Å². The third-order valence-electron chi connectivity index (χ3n) is 2.55. The number of carbonyl (C=O) groups is 1. The number of ether oxygens (including phenoxy) is 1. The first-order chi connectivity index (χ1) is 7.60. The largest absolute Gasteiger partial charge is 0.468 e. The Morgan fingerprint density at radius 2 is 2.38 bits per heavy atom. The Morgan fingerprint density at radius 3 is 2.81 bits per heavy atom. The molecule has 1 rings (SSSR count). The summed E-state index contributed by atoms with van der Waals surface area (Å²) in [4.78, 5) is 16.8. The molecular formula is C11H18N2O2S. The van der Waals surface area contributed by atoms with E-state index < -0.39 is 6.04 Å². The normalized spacial score (nSPS) is 14.5. The summed E-state index contributed by atoms with van der Waals surface area (Å²) < 4.78 is 4.81. The quantitative estimate of drug-likeness (QED) is 0.803. The first-order valence-electron chi connectivity index (χ1n) is 5.34. The second kappa shape index (κ2) is 5.96. The molecule has 0 aliphatic heterocycles. The molecule has 0 aromatic carbocycles. The SMILES string of the molecule is CCC(C)NC(C(=O)OC)c1scnc1C. The number of nitrogens with zero attached hydrogens (tertiary/aromatic N) is 1. The topological polar surface area (TPSA) is 51.2 Å². The van der Waals surface area contributed by atoms with E-state index in [9.17, 15) is 4.79 Å². The average Bonchev–Trinajstić information content (AvgIpc) is 2.70. The molecule has 16 heavy (non-hydrogen) atoms. The zero-order valence-electron chi connectivity index (χ0n) is 10.1. The molecular weight excluding hydrogens is 224 g/mol. The standard InChI is InChI=1S/C11H18N2O2S/c1-5-7(2)13-9(11(14)15-4)10-8(3)12-6-16-10/h6-7,9,13H,5H2,1-4H3. The minimum Gasteiger partial charge on any atom is -0.468 e. The van der Waals surface area contributed by atoms with Crippen LogP contribution in [0.25, 0.3) is 0 Å². The zero-order valence-corrected chi connectivity index (χ0v) is 10.9. The van der Waals surface area contributed by atoms with Crippen molar-refractivity contribution in [1.82, 2.24) is 10.3 Å². The lowest BCUT2D eigenvalue weighted by atomic mass is 10.1. The van der Waals surface area contributed by atoms with Gasteiger partial charge in [-0.15, -0.1) is 11.3 Å². The van der Waals surface area contributed by atoms with E-state index >= 15 is 0 Å². The Morgan fingerprint density at radius 1 is 1.69 bits per heavy atom. The monoisotopic (exact) mass is 242 g/mol. The Labute approximate surface area is 100 Å². The fourth-order valence-corrected chi connectivity index (χ4v) is 2.21. The maximum atomic E-state index is 11.7. The number of hydrogen-bond donors (Lipinski definition) is 1. The summed E-state index contributed by atoms with van der Waals surface area (Å²) in [5.41, 5.74) is 2.63. The Hall–Kier alpha value is -0.940. The highest BCUT2D eigenvalue weighted by Crippen LogP contribution is 2.23. The lowest BCUT2D eigenvalue weighted by Gasteiger charge is -2.19. The van der Waals surface area contributed by atoms with E-state index in [1.54, 1.807) is 5.51 Å². The molecule has 0 radical (unpaired) electrons. The maximum Gasteiger partial charge on any atom is 0.328 e. The van der Waals surface area contributed by atoms with Crippen LogP contribution >= 0.6 is 11.3 Å². The maximum absolute atomic E-state index is 11.7. The number of thiazole rings is 1. The molecule has 1 aromatic rings. The number of carbonyl (C=O) groups excluding carboxylic acids is 1. The van der Waals surface area contributed by atoms with Gasteiger partial charge in [0, 0.05) is 6.04 Å². The van der Waals surface area contributed by atoms with E-state index in [1.807, 2.05) is 13.8 Å². The minimum absolute atomic E-state index is 0.257. The number of aromatic nitrogens is 1. The summed E-state index contributed by atoms with van der Waals surface area (Å²) in [6.45, 7) is 6.03. The van der Waals surface area contributed by atoms with Crippen LogP contribution in [0.3, 0.4) is 0 Å². The summed E-state index contributed by atoms with van der Waals surface area (Å²) >= 11 is 1.48. The van der Waals surface area contributed by atoms with Gasteiger partial charge in [0.25, 0.3) is 0 Å². The molecule has 90 valence electrons. The van der Waals surface area contributed by atoms with Gasteiger partial charge in [-0.05, 0) is 20.3 Å². The molecule has 0 aliphatic rings. The van der Waals surface area contributed by atoms with Crippen molar-refractivity contribution < 1.29 is 9.53 Å². The molecule has 0 aliphatic carbocycles. The van der Waals surface area contributed by atoms with Crippen molar-refractivity contribution >= 4 is 17.3 Å². The Kier molecular flexibility index (Phi) is 4.89. The Balaban J connectivity index is 2.88. The van der Waals surface area contributed by atoms with Crippen molar-refractivity contribution in [1.29, 1.82) is 0 Å². The number of rotatable bonds is 5. The second-order valence-corrected chi connectivity index (χ2v) is 4.62. The molecule has 2 atom stereocenters. The van der Waals surface area contributed by atoms with Gasteiger partial charge in [0.05, 0.1) is 23.2 Å². The molecule has 2 unspecified atom stereocenters. The number of methoxy groups -OCH3 is 1. The van der Waals surface area contributed by atoms with Crippen LogP contribution in [0.1, 0.15) is 36.9 Å². The average molecular weight is 242 g/mol. The zero-order chi connectivity index (χ0) is 12.1. The van der Waals surface area contributed by atoms with Crippen molar-refractivity contribution in [3.8, 4) is 0 Å². The van der Waals surface area contributed by atoms with Crippen molar-refractivity contribution in [3.05, 3.63) is 16.1 Å². The molecule has 0 fully saturated rings. The van der Waals surface area contributed by atoms with E-state index in [2.05, 4.69) is 17.2 Å². The molecule has 0 saturated carbocycles. The van der Waals surface area contributed by atoms with Gasteiger partial charge in [0.2, 0.25) is 0 Å². The molecule has 0 amide bonds. The highest BCUT2D eigenvalue weighted by atomic mass is 32.1. The van der Waals surface area contributed by atoms with E-state index in [0.717, 1.165) is 17.0 Å². The summed E-state index contributed by atoms with van der Waals surface area (Å²) in [7, 11) is 1.41. The van der Waals surface area contributed by atoms with Crippen LogP contribution in [0.2, 0.25) is 0 Å². The molecule has 1 aromatic heterocycles. The van der Waals surface area contributed by atoms with Gasteiger partial charge in [-0.25, -0.2) is 9.78 Å². The number of aryl methyl sites for hydroxylation is 1. The lowest BCUT2D eigenvalue weighted by Crippen LogP contribution is -2.35. The summed E-state index contributed by atoms with van der Waals surface area (Å²) in [5, 5.41) is 3.26. The van der Waals surface area contributed by atoms with Crippen LogP contribution in [0.4, 0.5) is 0 Å². The van der Waals surface area contributed by atoms with Crippen molar-refractivity contribution in [3.63, 3.8) is 0 Å². The van der Waals surface area contributed by atoms with Crippen LogP contribution in [0, 0.1) is 6.92 Å². The third-order valence-corrected chi connectivity index (χ3v) is 3.54. The van der Waals surface area contributed by atoms with Crippen molar-refractivity contribution in [2.45, 2.75) is 39.3 Å². The molecule has 0 saturated heterocycles. The second-order valence-electron chi connectivity index (χ2n) is 3.73. The van der Waals surface area contributed by atoms with E-state index in [1.165, 1.54) is 18.4 Å². The lowest BCUT2D eigenvalue weighted by molar-refractivity contribution is -0.143. The van der Waals surface area contributed by atoms with E-state index in [4.69, 9.17) is 4.74 Å². The van der Waals surface area contributed by atoms with Crippen molar-refractivity contribution in [2.75, 3.05) is 7.11 Å². The van der Waals surface area contributed by atoms with Crippen LogP contribution in [0.15, 0.2) is 5.51 Å². The van der Waals surface area contributed by atoms with E-state index in [-0.39, 0.29) is 12.0 Å². The molecule has 5 heteroatoms. The van der Waals surface area contributed by atoms with Gasteiger partial charge in [-0.3, -0.25) is 5.32 Å². The number of hydrogen-bond acceptors (Lipinski definition) is 5. The number of esters is 1.